The van der Waals surface area contributed by atoms with E-state index in [0.29, 0.717) is 12.6 Å². The van der Waals surface area contributed by atoms with Crippen molar-refractivity contribution in [1.82, 2.24) is 10.2 Å². The molecule has 0 radical (unpaired) electrons. The van der Waals surface area contributed by atoms with Gasteiger partial charge in [-0.1, -0.05) is 37.3 Å². The van der Waals surface area contributed by atoms with Crippen LogP contribution in [0, 0.1) is 0 Å². The summed E-state index contributed by atoms with van der Waals surface area (Å²) in [7, 11) is -2.87. The number of benzene rings is 1. The van der Waals surface area contributed by atoms with Crippen molar-refractivity contribution in [2.75, 3.05) is 37.7 Å². The average molecular weight is 296 g/mol. The highest BCUT2D eigenvalue weighted by Gasteiger charge is 2.20. The highest BCUT2D eigenvalue weighted by atomic mass is 32.2. The number of hydrogen-bond acceptors (Lipinski definition) is 4. The Morgan fingerprint density at radius 2 is 2.05 bits per heavy atom. The standard InChI is InChI=1S/C15H24N2O2S/c1-2-20(18,19)12-11-17-10-6-9-16-15(13-17)14-7-4-3-5-8-14/h3-5,7-8,15-16H,2,6,9-13H2,1H3. The van der Waals surface area contributed by atoms with Gasteiger partial charge >= 0.3 is 0 Å². The van der Waals surface area contributed by atoms with Gasteiger partial charge in [0.05, 0.1) is 5.75 Å². The van der Waals surface area contributed by atoms with E-state index < -0.39 is 9.84 Å². The number of nitrogens with one attached hydrogen (secondary N) is 1. The van der Waals surface area contributed by atoms with E-state index in [2.05, 4.69) is 22.3 Å². The summed E-state index contributed by atoms with van der Waals surface area (Å²) in [5.74, 6) is 0.506. The van der Waals surface area contributed by atoms with Crippen LogP contribution in [0.1, 0.15) is 24.9 Å². The summed E-state index contributed by atoms with van der Waals surface area (Å²) in [4.78, 5) is 2.27. The van der Waals surface area contributed by atoms with Crippen LogP contribution in [0.2, 0.25) is 0 Å². The Kier molecular flexibility index (Phi) is 5.57. The zero-order valence-electron chi connectivity index (χ0n) is 12.1. The molecule has 1 aromatic carbocycles. The lowest BCUT2D eigenvalue weighted by atomic mass is 10.1. The van der Waals surface area contributed by atoms with Crippen LogP contribution in [-0.2, 0) is 9.84 Å². The van der Waals surface area contributed by atoms with Crippen molar-refractivity contribution in [3.05, 3.63) is 35.9 Å². The summed E-state index contributed by atoms with van der Waals surface area (Å²) in [5, 5.41) is 3.55. The van der Waals surface area contributed by atoms with Gasteiger partial charge in [-0.2, -0.15) is 0 Å². The molecule has 0 aromatic heterocycles. The lowest BCUT2D eigenvalue weighted by molar-refractivity contribution is 0.283. The zero-order chi connectivity index (χ0) is 14.4. The van der Waals surface area contributed by atoms with Crippen LogP contribution in [0.3, 0.4) is 0 Å². The summed E-state index contributed by atoms with van der Waals surface area (Å²) in [6, 6.07) is 10.7. The molecule has 0 spiro atoms. The predicted octanol–water partition coefficient (Wildman–Crippen LogP) is 1.46. The molecule has 5 heteroatoms. The Morgan fingerprint density at radius 3 is 2.75 bits per heavy atom. The van der Waals surface area contributed by atoms with Crippen LogP contribution in [-0.4, -0.2) is 51.0 Å². The third-order valence-corrected chi connectivity index (χ3v) is 5.53. The average Bonchev–Trinajstić information content (AvgIpc) is 2.72. The molecule has 1 fully saturated rings. The monoisotopic (exact) mass is 296 g/mol. The first-order valence-corrected chi connectivity index (χ1v) is 9.14. The van der Waals surface area contributed by atoms with E-state index >= 15 is 0 Å². The van der Waals surface area contributed by atoms with Crippen LogP contribution in [0.5, 0.6) is 0 Å². The van der Waals surface area contributed by atoms with Crippen molar-refractivity contribution >= 4 is 9.84 Å². The lowest BCUT2D eigenvalue weighted by Crippen LogP contribution is -2.34. The van der Waals surface area contributed by atoms with Crippen molar-refractivity contribution in [2.45, 2.75) is 19.4 Å². The molecule has 4 nitrogen and oxygen atoms in total. The second-order valence-corrected chi connectivity index (χ2v) is 7.78. The normalized spacial score (nSPS) is 21.6. The summed E-state index contributed by atoms with van der Waals surface area (Å²) in [6.45, 7) is 5.18. The molecule has 20 heavy (non-hydrogen) atoms. The molecule has 2 rings (SSSR count). The highest BCUT2D eigenvalue weighted by molar-refractivity contribution is 7.91. The number of nitrogens with zero attached hydrogens (tertiary/aromatic N) is 1. The summed E-state index contributed by atoms with van der Waals surface area (Å²) >= 11 is 0. The van der Waals surface area contributed by atoms with Gasteiger partial charge in [0.15, 0.2) is 9.84 Å². The summed E-state index contributed by atoms with van der Waals surface area (Å²) in [6.07, 6.45) is 1.06. The minimum atomic E-state index is -2.87. The summed E-state index contributed by atoms with van der Waals surface area (Å²) in [5.41, 5.74) is 1.28. The Labute approximate surface area is 122 Å². The maximum Gasteiger partial charge on any atom is 0.151 e. The summed E-state index contributed by atoms with van der Waals surface area (Å²) < 4.78 is 23.3. The van der Waals surface area contributed by atoms with Gasteiger partial charge in [0.25, 0.3) is 0 Å². The lowest BCUT2D eigenvalue weighted by Gasteiger charge is -2.24. The van der Waals surface area contributed by atoms with Crippen molar-refractivity contribution in [2.24, 2.45) is 0 Å². The van der Waals surface area contributed by atoms with Crippen molar-refractivity contribution in [3.63, 3.8) is 0 Å². The maximum absolute atomic E-state index is 11.6. The Hall–Kier alpha value is -0.910. The largest absolute Gasteiger partial charge is 0.309 e. The Morgan fingerprint density at radius 1 is 1.30 bits per heavy atom. The van der Waals surface area contributed by atoms with Crippen LogP contribution in [0.15, 0.2) is 30.3 Å². The van der Waals surface area contributed by atoms with Crippen molar-refractivity contribution in [3.8, 4) is 0 Å². The van der Waals surface area contributed by atoms with Crippen molar-refractivity contribution in [1.29, 1.82) is 0 Å². The minimum Gasteiger partial charge on any atom is -0.309 e. The molecule has 1 aliphatic heterocycles. The van der Waals surface area contributed by atoms with Crippen LogP contribution in [0.25, 0.3) is 0 Å². The first-order chi connectivity index (χ1) is 9.61. The Balaban J connectivity index is 1.97. The van der Waals surface area contributed by atoms with E-state index in [4.69, 9.17) is 0 Å². The van der Waals surface area contributed by atoms with Gasteiger partial charge < -0.3 is 10.2 Å². The first kappa shape index (κ1) is 15.5. The van der Waals surface area contributed by atoms with E-state index in [-0.39, 0.29) is 11.5 Å². The molecule has 1 aromatic rings. The predicted molar refractivity (Wildman–Crippen MR) is 82.6 cm³/mol. The molecule has 1 heterocycles. The number of sulfone groups is 1. The third-order valence-electron chi connectivity index (χ3n) is 3.84. The van der Waals surface area contributed by atoms with E-state index in [1.54, 1.807) is 6.92 Å². The van der Waals surface area contributed by atoms with E-state index in [1.807, 2.05) is 18.2 Å². The SMILES string of the molecule is CCS(=O)(=O)CCN1CCCNC(c2ccccc2)C1. The maximum atomic E-state index is 11.6. The Bertz CT molecular complexity index is 502. The molecular weight excluding hydrogens is 272 g/mol. The molecule has 1 unspecified atom stereocenters. The fourth-order valence-corrected chi connectivity index (χ4v) is 3.34. The van der Waals surface area contributed by atoms with Crippen molar-refractivity contribution < 1.29 is 8.42 Å². The van der Waals surface area contributed by atoms with E-state index in [0.717, 1.165) is 26.1 Å². The van der Waals surface area contributed by atoms with E-state index in [1.165, 1.54) is 5.56 Å². The number of rotatable bonds is 5. The first-order valence-electron chi connectivity index (χ1n) is 7.32. The molecule has 0 saturated carbocycles. The quantitative estimate of drug-likeness (QED) is 0.894. The van der Waals surface area contributed by atoms with Gasteiger partial charge in [-0.25, -0.2) is 8.42 Å². The van der Waals surface area contributed by atoms with Crippen LogP contribution in [0.4, 0.5) is 0 Å². The molecule has 1 saturated heterocycles. The minimum absolute atomic E-state index is 0.237. The molecule has 0 amide bonds. The highest BCUT2D eigenvalue weighted by Crippen LogP contribution is 2.16. The molecule has 1 aliphatic rings. The molecular formula is C15H24N2O2S. The van der Waals surface area contributed by atoms with Gasteiger partial charge in [0.2, 0.25) is 0 Å². The molecule has 1 atom stereocenters. The topological polar surface area (TPSA) is 49.4 Å². The second kappa shape index (κ2) is 7.20. The second-order valence-electron chi connectivity index (χ2n) is 5.31. The van der Waals surface area contributed by atoms with Gasteiger partial charge in [0.1, 0.15) is 0 Å². The molecule has 0 aliphatic carbocycles. The van der Waals surface area contributed by atoms with Gasteiger partial charge in [-0.15, -0.1) is 0 Å². The van der Waals surface area contributed by atoms with Gasteiger partial charge in [-0.3, -0.25) is 0 Å². The third kappa shape index (κ3) is 4.58. The van der Waals surface area contributed by atoms with Gasteiger partial charge in [0, 0.05) is 24.9 Å². The fourth-order valence-electron chi connectivity index (χ4n) is 2.52. The number of hydrogen-bond donors (Lipinski definition) is 1. The van der Waals surface area contributed by atoms with E-state index in [9.17, 15) is 8.42 Å². The van der Waals surface area contributed by atoms with Crippen LogP contribution < -0.4 is 5.32 Å². The van der Waals surface area contributed by atoms with Gasteiger partial charge in [-0.05, 0) is 25.1 Å². The molecule has 112 valence electrons. The molecule has 1 N–H and O–H groups in total. The van der Waals surface area contributed by atoms with Crippen LogP contribution >= 0.6 is 0 Å². The zero-order valence-corrected chi connectivity index (χ0v) is 12.9. The fraction of sp³-hybridized carbons (Fsp3) is 0.600. The smallest absolute Gasteiger partial charge is 0.151 e. The molecule has 0 bridgehead atoms.